The average molecular weight is 251 g/mol. The molecule has 72 valence electrons. The van der Waals surface area contributed by atoms with E-state index in [1.807, 2.05) is 0 Å². The first kappa shape index (κ1) is 14.1. The van der Waals surface area contributed by atoms with Crippen LogP contribution in [0.5, 0.6) is 0 Å². The van der Waals surface area contributed by atoms with E-state index in [2.05, 4.69) is 51.8 Å². The SMILES string of the molecule is CC(C(C)N(C)C)N(C)C.[Pd]. The Balaban J connectivity index is 0. The second-order valence-corrected chi connectivity index (χ2v) is 3.41. The first-order valence-corrected chi connectivity index (χ1v) is 3.79. The van der Waals surface area contributed by atoms with Gasteiger partial charge >= 0.3 is 0 Å². The minimum absolute atomic E-state index is 0. The van der Waals surface area contributed by atoms with Crippen molar-refractivity contribution in [2.24, 2.45) is 0 Å². The van der Waals surface area contributed by atoms with Crippen LogP contribution in [0.4, 0.5) is 0 Å². The summed E-state index contributed by atoms with van der Waals surface area (Å²) in [6.45, 7) is 4.48. The van der Waals surface area contributed by atoms with Gasteiger partial charge in [-0.1, -0.05) is 0 Å². The van der Waals surface area contributed by atoms with Crippen LogP contribution in [0.25, 0.3) is 0 Å². The van der Waals surface area contributed by atoms with Crippen LogP contribution in [0.1, 0.15) is 13.8 Å². The molecule has 2 nitrogen and oxygen atoms in total. The van der Waals surface area contributed by atoms with Gasteiger partial charge in [-0.2, -0.15) is 0 Å². The summed E-state index contributed by atoms with van der Waals surface area (Å²) < 4.78 is 0. The Hall–Kier alpha value is 0.582. The molecule has 0 N–H and O–H groups in total. The quantitative estimate of drug-likeness (QED) is 0.687. The Morgan fingerprint density at radius 2 is 0.909 bits per heavy atom. The fourth-order valence-corrected chi connectivity index (χ4v) is 0.863. The van der Waals surface area contributed by atoms with Crippen molar-refractivity contribution in [1.29, 1.82) is 0 Å². The van der Waals surface area contributed by atoms with E-state index >= 15 is 0 Å². The first-order valence-electron chi connectivity index (χ1n) is 3.79. The van der Waals surface area contributed by atoms with Gasteiger partial charge in [0.25, 0.3) is 0 Å². The Bertz CT molecular complexity index is 82.1. The van der Waals surface area contributed by atoms with Gasteiger partial charge in [-0.05, 0) is 42.0 Å². The summed E-state index contributed by atoms with van der Waals surface area (Å²) >= 11 is 0. The average Bonchev–Trinajstić information content (AvgIpc) is 1.84. The maximum Gasteiger partial charge on any atom is 0.0214 e. The summed E-state index contributed by atoms with van der Waals surface area (Å²) in [5.41, 5.74) is 0. The van der Waals surface area contributed by atoms with Crippen molar-refractivity contribution in [2.45, 2.75) is 25.9 Å². The predicted molar refractivity (Wildman–Crippen MR) is 46.3 cm³/mol. The Labute approximate surface area is 84.6 Å². The monoisotopic (exact) mass is 250 g/mol. The van der Waals surface area contributed by atoms with Crippen molar-refractivity contribution < 1.29 is 20.4 Å². The van der Waals surface area contributed by atoms with E-state index in [4.69, 9.17) is 0 Å². The number of hydrogen-bond donors (Lipinski definition) is 0. The molecule has 0 saturated carbocycles. The summed E-state index contributed by atoms with van der Waals surface area (Å²) in [7, 11) is 8.46. The molecule has 0 rings (SSSR count). The van der Waals surface area contributed by atoms with Crippen LogP contribution < -0.4 is 0 Å². The van der Waals surface area contributed by atoms with E-state index in [0.29, 0.717) is 12.1 Å². The normalized spacial score (nSPS) is 16.4. The standard InChI is InChI=1S/C8H20N2.Pd/c1-7(9(3)4)8(2)10(5)6;/h7-8H,1-6H3;. The van der Waals surface area contributed by atoms with Crippen LogP contribution in [-0.2, 0) is 20.4 Å². The molecule has 0 spiro atoms. The second kappa shape index (κ2) is 6.14. The second-order valence-electron chi connectivity index (χ2n) is 3.41. The van der Waals surface area contributed by atoms with Crippen LogP contribution in [-0.4, -0.2) is 50.1 Å². The topological polar surface area (TPSA) is 6.48 Å². The molecule has 0 aliphatic rings. The Kier molecular flexibility index (Phi) is 7.88. The minimum atomic E-state index is 0. The molecule has 2 unspecified atom stereocenters. The first-order chi connectivity index (χ1) is 4.46. The zero-order valence-electron chi connectivity index (χ0n) is 8.37. The molecule has 0 aromatic heterocycles. The van der Waals surface area contributed by atoms with Crippen molar-refractivity contribution in [3.8, 4) is 0 Å². The zero-order chi connectivity index (χ0) is 8.31. The molecular formula is C8H20N2Pd. The van der Waals surface area contributed by atoms with Gasteiger partial charge in [0.1, 0.15) is 0 Å². The molecule has 0 radical (unpaired) electrons. The fourth-order valence-electron chi connectivity index (χ4n) is 0.863. The summed E-state index contributed by atoms with van der Waals surface area (Å²) in [6.07, 6.45) is 0. The van der Waals surface area contributed by atoms with Crippen LogP contribution in [0.2, 0.25) is 0 Å². The molecule has 0 fully saturated rings. The van der Waals surface area contributed by atoms with Gasteiger partial charge in [0.05, 0.1) is 0 Å². The van der Waals surface area contributed by atoms with Gasteiger partial charge < -0.3 is 9.80 Å². The Morgan fingerprint density at radius 3 is 1.00 bits per heavy atom. The van der Waals surface area contributed by atoms with E-state index in [0.717, 1.165) is 0 Å². The molecule has 0 aromatic carbocycles. The maximum absolute atomic E-state index is 2.24. The smallest absolute Gasteiger partial charge is 0.0214 e. The summed E-state index contributed by atoms with van der Waals surface area (Å²) in [5, 5.41) is 0. The van der Waals surface area contributed by atoms with Crippen molar-refractivity contribution >= 4 is 0 Å². The third kappa shape index (κ3) is 4.92. The van der Waals surface area contributed by atoms with Gasteiger partial charge in [0, 0.05) is 32.5 Å². The molecule has 11 heavy (non-hydrogen) atoms. The largest absolute Gasteiger partial charge is 0.305 e. The summed E-state index contributed by atoms with van der Waals surface area (Å²) in [6, 6.07) is 1.24. The van der Waals surface area contributed by atoms with Gasteiger partial charge in [0.15, 0.2) is 0 Å². The number of rotatable bonds is 3. The minimum Gasteiger partial charge on any atom is -0.305 e. The molecular weight excluding hydrogens is 231 g/mol. The fraction of sp³-hybridized carbons (Fsp3) is 1.00. The van der Waals surface area contributed by atoms with Gasteiger partial charge in [-0.3, -0.25) is 0 Å². The van der Waals surface area contributed by atoms with E-state index in [-0.39, 0.29) is 20.4 Å². The van der Waals surface area contributed by atoms with Crippen LogP contribution in [0.15, 0.2) is 0 Å². The van der Waals surface area contributed by atoms with E-state index in [9.17, 15) is 0 Å². The van der Waals surface area contributed by atoms with Crippen LogP contribution in [0, 0.1) is 0 Å². The zero-order valence-corrected chi connectivity index (χ0v) is 9.92. The maximum atomic E-state index is 2.24. The molecule has 3 heteroatoms. The van der Waals surface area contributed by atoms with Gasteiger partial charge in [-0.25, -0.2) is 0 Å². The van der Waals surface area contributed by atoms with E-state index in [1.54, 1.807) is 0 Å². The van der Waals surface area contributed by atoms with Gasteiger partial charge in [-0.15, -0.1) is 0 Å². The number of likely N-dealkylation sites (N-methyl/N-ethyl adjacent to an activating group) is 2. The third-order valence-electron chi connectivity index (χ3n) is 2.33. The molecule has 0 amide bonds. The van der Waals surface area contributed by atoms with Crippen molar-refractivity contribution in [3.63, 3.8) is 0 Å². The van der Waals surface area contributed by atoms with Crippen molar-refractivity contribution in [2.75, 3.05) is 28.2 Å². The molecule has 0 bridgehead atoms. The third-order valence-corrected chi connectivity index (χ3v) is 2.33. The van der Waals surface area contributed by atoms with Crippen molar-refractivity contribution in [3.05, 3.63) is 0 Å². The van der Waals surface area contributed by atoms with E-state index in [1.165, 1.54) is 0 Å². The molecule has 0 aliphatic carbocycles. The molecule has 2 atom stereocenters. The molecule has 0 heterocycles. The molecule has 0 saturated heterocycles. The predicted octanol–water partition coefficient (Wildman–Crippen LogP) is 0.884. The summed E-state index contributed by atoms with van der Waals surface area (Å²) in [5.74, 6) is 0. The van der Waals surface area contributed by atoms with Crippen molar-refractivity contribution in [1.82, 2.24) is 9.80 Å². The molecule has 0 aromatic rings. The van der Waals surface area contributed by atoms with Gasteiger partial charge in [0.2, 0.25) is 0 Å². The molecule has 0 aliphatic heterocycles. The van der Waals surface area contributed by atoms with Crippen LogP contribution >= 0.6 is 0 Å². The number of nitrogens with zero attached hydrogens (tertiary/aromatic N) is 2. The van der Waals surface area contributed by atoms with E-state index < -0.39 is 0 Å². The number of hydrogen-bond acceptors (Lipinski definition) is 2. The Morgan fingerprint density at radius 1 is 0.727 bits per heavy atom. The summed E-state index contributed by atoms with van der Waals surface area (Å²) in [4.78, 5) is 4.48. The van der Waals surface area contributed by atoms with Crippen LogP contribution in [0.3, 0.4) is 0 Å².